The van der Waals surface area contributed by atoms with Crippen molar-refractivity contribution in [1.29, 1.82) is 5.26 Å². The average Bonchev–Trinajstić information content (AvgIpc) is 3.09. The number of carbonyl (C=O) groups excluding carboxylic acids is 1. The van der Waals surface area contributed by atoms with E-state index in [1.807, 2.05) is 0 Å². The summed E-state index contributed by atoms with van der Waals surface area (Å²) in [4.78, 5) is 11.5. The molecule has 0 spiro atoms. The second-order valence-electron chi connectivity index (χ2n) is 3.90. The van der Waals surface area contributed by atoms with Crippen LogP contribution < -0.4 is 5.32 Å². The highest BCUT2D eigenvalue weighted by Gasteiger charge is 2.31. The van der Waals surface area contributed by atoms with Crippen LogP contribution >= 0.6 is 11.6 Å². The Morgan fingerprint density at radius 3 is 2.88 bits per heavy atom. The van der Waals surface area contributed by atoms with Gasteiger partial charge in [-0.15, -0.1) is 0 Å². The van der Waals surface area contributed by atoms with Gasteiger partial charge in [0.05, 0.1) is 6.07 Å². The summed E-state index contributed by atoms with van der Waals surface area (Å²) in [6.45, 7) is 0. The number of carbonyl (C=O) groups is 1. The zero-order valence-corrected chi connectivity index (χ0v) is 9.37. The summed E-state index contributed by atoms with van der Waals surface area (Å²) < 4.78 is 0. The molecule has 4 heteroatoms. The van der Waals surface area contributed by atoms with Crippen LogP contribution in [-0.2, 0) is 4.79 Å². The van der Waals surface area contributed by atoms with Crippen LogP contribution in [0, 0.1) is 17.2 Å². The summed E-state index contributed by atoms with van der Waals surface area (Å²) in [5.41, 5.74) is 0.726. The second kappa shape index (κ2) is 4.54. The lowest BCUT2D eigenvalue weighted by Gasteiger charge is -2.11. The molecule has 1 atom stereocenters. The van der Waals surface area contributed by atoms with Crippen LogP contribution in [0.25, 0.3) is 0 Å². The van der Waals surface area contributed by atoms with Gasteiger partial charge in [-0.1, -0.05) is 23.7 Å². The number of rotatable bonds is 3. The molecule has 3 nitrogen and oxygen atoms in total. The molecule has 16 heavy (non-hydrogen) atoms. The molecule has 0 saturated heterocycles. The van der Waals surface area contributed by atoms with Crippen LogP contribution in [0.15, 0.2) is 24.3 Å². The molecular weight excluding hydrogens is 224 g/mol. The van der Waals surface area contributed by atoms with Crippen LogP contribution in [0.4, 0.5) is 0 Å². The summed E-state index contributed by atoms with van der Waals surface area (Å²) >= 11 is 5.84. The van der Waals surface area contributed by atoms with E-state index < -0.39 is 6.04 Å². The predicted octanol–water partition coefficient (Wildman–Crippen LogP) is 2.43. The van der Waals surface area contributed by atoms with E-state index in [9.17, 15) is 4.79 Å². The van der Waals surface area contributed by atoms with Crippen molar-refractivity contribution in [3.8, 4) is 6.07 Å². The van der Waals surface area contributed by atoms with Gasteiger partial charge in [0.15, 0.2) is 0 Å². The fourth-order valence-electron chi connectivity index (χ4n) is 1.48. The Kier molecular flexibility index (Phi) is 3.12. The molecule has 1 amide bonds. The number of nitriles is 1. The number of nitrogens with zero attached hydrogens (tertiary/aromatic N) is 1. The first-order chi connectivity index (χ1) is 7.70. The summed E-state index contributed by atoms with van der Waals surface area (Å²) in [6.07, 6.45) is 1.86. The topological polar surface area (TPSA) is 52.9 Å². The molecule has 1 unspecified atom stereocenters. The number of hydrogen-bond donors (Lipinski definition) is 1. The molecule has 0 aliphatic heterocycles. The van der Waals surface area contributed by atoms with E-state index in [2.05, 4.69) is 11.4 Å². The monoisotopic (exact) mass is 234 g/mol. The van der Waals surface area contributed by atoms with E-state index in [1.165, 1.54) is 0 Å². The van der Waals surface area contributed by atoms with Gasteiger partial charge in [-0.3, -0.25) is 4.79 Å². The lowest BCUT2D eigenvalue weighted by atomic mass is 10.1. The van der Waals surface area contributed by atoms with Gasteiger partial charge in [-0.25, -0.2) is 0 Å². The van der Waals surface area contributed by atoms with Crippen molar-refractivity contribution in [3.63, 3.8) is 0 Å². The predicted molar refractivity (Wildman–Crippen MR) is 60.7 cm³/mol. The first-order valence-corrected chi connectivity index (χ1v) is 5.54. The minimum Gasteiger partial charge on any atom is -0.336 e. The third kappa shape index (κ3) is 2.53. The van der Waals surface area contributed by atoms with Crippen LogP contribution in [0.1, 0.15) is 24.4 Å². The standard InChI is InChI=1S/C12H11ClN2O/c13-10-3-1-2-9(6-10)11(7-14)15-12(16)8-4-5-8/h1-3,6,8,11H,4-5H2,(H,15,16). The van der Waals surface area contributed by atoms with Gasteiger partial charge in [-0.2, -0.15) is 5.26 Å². The smallest absolute Gasteiger partial charge is 0.224 e. The number of benzene rings is 1. The van der Waals surface area contributed by atoms with E-state index >= 15 is 0 Å². The van der Waals surface area contributed by atoms with E-state index in [0.29, 0.717) is 5.02 Å². The molecule has 0 aromatic heterocycles. The van der Waals surface area contributed by atoms with E-state index in [4.69, 9.17) is 16.9 Å². The number of nitrogens with one attached hydrogen (secondary N) is 1. The normalized spacial score (nSPS) is 16.2. The third-order valence-corrected chi connectivity index (χ3v) is 2.78. The fraction of sp³-hybridized carbons (Fsp3) is 0.333. The van der Waals surface area contributed by atoms with Crippen molar-refractivity contribution in [2.75, 3.05) is 0 Å². The van der Waals surface area contributed by atoms with E-state index in [-0.39, 0.29) is 11.8 Å². The lowest BCUT2D eigenvalue weighted by Crippen LogP contribution is -2.28. The zero-order valence-electron chi connectivity index (χ0n) is 8.61. The van der Waals surface area contributed by atoms with Crippen molar-refractivity contribution in [2.45, 2.75) is 18.9 Å². The molecule has 1 N–H and O–H groups in total. The maximum Gasteiger partial charge on any atom is 0.224 e. The average molecular weight is 235 g/mol. The SMILES string of the molecule is N#CC(NC(=O)C1CC1)c1cccc(Cl)c1. The Balaban J connectivity index is 2.10. The van der Waals surface area contributed by atoms with Gasteiger partial charge in [0.1, 0.15) is 6.04 Å². The first kappa shape index (κ1) is 11.0. The minimum atomic E-state index is -0.605. The Hall–Kier alpha value is -1.53. The Bertz CT molecular complexity index is 449. The lowest BCUT2D eigenvalue weighted by molar-refractivity contribution is -0.122. The summed E-state index contributed by atoms with van der Waals surface area (Å²) in [5, 5.41) is 12.3. The van der Waals surface area contributed by atoms with Crippen molar-refractivity contribution in [3.05, 3.63) is 34.9 Å². The Morgan fingerprint density at radius 2 is 2.31 bits per heavy atom. The van der Waals surface area contributed by atoms with Gasteiger partial charge in [0.25, 0.3) is 0 Å². The van der Waals surface area contributed by atoms with Crippen molar-refractivity contribution < 1.29 is 4.79 Å². The molecule has 1 aliphatic carbocycles. The molecular formula is C12H11ClN2O. The maximum absolute atomic E-state index is 11.5. The van der Waals surface area contributed by atoms with Crippen LogP contribution in [0.3, 0.4) is 0 Å². The van der Waals surface area contributed by atoms with E-state index in [1.54, 1.807) is 24.3 Å². The fourth-order valence-corrected chi connectivity index (χ4v) is 1.68. The molecule has 1 aliphatic rings. The molecule has 1 fully saturated rings. The van der Waals surface area contributed by atoms with Gasteiger partial charge in [-0.05, 0) is 30.5 Å². The third-order valence-electron chi connectivity index (χ3n) is 2.55. The van der Waals surface area contributed by atoms with Crippen molar-refractivity contribution >= 4 is 17.5 Å². The van der Waals surface area contributed by atoms with Crippen LogP contribution in [-0.4, -0.2) is 5.91 Å². The number of amides is 1. The Morgan fingerprint density at radius 1 is 1.56 bits per heavy atom. The van der Waals surface area contributed by atoms with Crippen molar-refractivity contribution in [2.24, 2.45) is 5.92 Å². The largest absolute Gasteiger partial charge is 0.336 e. The molecule has 1 aromatic carbocycles. The minimum absolute atomic E-state index is 0.0356. The van der Waals surface area contributed by atoms with Crippen LogP contribution in [0.5, 0.6) is 0 Å². The molecule has 1 saturated carbocycles. The second-order valence-corrected chi connectivity index (χ2v) is 4.34. The summed E-state index contributed by atoms with van der Waals surface area (Å²) in [5.74, 6) is 0.0709. The molecule has 82 valence electrons. The van der Waals surface area contributed by atoms with Gasteiger partial charge in [0, 0.05) is 10.9 Å². The highest BCUT2D eigenvalue weighted by molar-refractivity contribution is 6.30. The molecule has 1 aromatic rings. The van der Waals surface area contributed by atoms with Crippen LogP contribution in [0.2, 0.25) is 5.02 Å². The number of halogens is 1. The first-order valence-electron chi connectivity index (χ1n) is 5.16. The molecule has 2 rings (SSSR count). The van der Waals surface area contributed by atoms with Crippen molar-refractivity contribution in [1.82, 2.24) is 5.32 Å². The molecule has 0 heterocycles. The zero-order chi connectivity index (χ0) is 11.5. The quantitative estimate of drug-likeness (QED) is 0.873. The Labute approximate surface area is 99.0 Å². The van der Waals surface area contributed by atoms with E-state index in [0.717, 1.165) is 18.4 Å². The summed E-state index contributed by atoms with van der Waals surface area (Å²) in [6, 6.07) is 8.45. The highest BCUT2D eigenvalue weighted by atomic mass is 35.5. The molecule has 0 radical (unpaired) electrons. The summed E-state index contributed by atoms with van der Waals surface area (Å²) in [7, 11) is 0. The van der Waals surface area contributed by atoms with Gasteiger partial charge in [0.2, 0.25) is 5.91 Å². The van der Waals surface area contributed by atoms with Gasteiger partial charge < -0.3 is 5.32 Å². The number of hydrogen-bond acceptors (Lipinski definition) is 2. The maximum atomic E-state index is 11.5. The highest BCUT2D eigenvalue weighted by Crippen LogP contribution is 2.29. The molecule has 0 bridgehead atoms. The van der Waals surface area contributed by atoms with Gasteiger partial charge >= 0.3 is 0 Å².